The van der Waals surface area contributed by atoms with Gasteiger partial charge in [0, 0.05) is 0 Å². The summed E-state index contributed by atoms with van der Waals surface area (Å²) in [7, 11) is 0. The van der Waals surface area contributed by atoms with Crippen LogP contribution in [-0.4, -0.2) is 20.9 Å². The first kappa shape index (κ1) is 9.85. The summed E-state index contributed by atoms with van der Waals surface area (Å²) in [6.07, 6.45) is 0. The second kappa shape index (κ2) is 5.62. The van der Waals surface area contributed by atoms with Crippen molar-refractivity contribution in [1.82, 2.24) is 0 Å². The Labute approximate surface area is 76.0 Å². The maximum atomic E-state index is 5.53. The molecule has 0 aromatic rings. The third kappa shape index (κ3) is 8.85. The zero-order valence-corrected chi connectivity index (χ0v) is 8.83. The number of halogens is 2. The molecule has 0 aromatic carbocycles. The Kier molecular flexibility index (Phi) is 6.15. The topological polar surface area (TPSA) is 0 Å². The van der Waals surface area contributed by atoms with Crippen LogP contribution >= 0.6 is 23.2 Å². The van der Waals surface area contributed by atoms with Crippen LogP contribution in [0.25, 0.3) is 0 Å². The van der Waals surface area contributed by atoms with Crippen molar-refractivity contribution in [2.45, 2.75) is 8.94 Å². The van der Waals surface area contributed by atoms with Gasteiger partial charge in [-0.15, -0.1) is 0 Å². The van der Waals surface area contributed by atoms with Crippen molar-refractivity contribution in [3.05, 3.63) is 23.2 Å². The van der Waals surface area contributed by atoms with E-state index in [9.17, 15) is 0 Å². The van der Waals surface area contributed by atoms with Crippen molar-refractivity contribution in [2.24, 2.45) is 0 Å². The molecule has 0 aliphatic rings. The van der Waals surface area contributed by atoms with Crippen LogP contribution in [0.3, 0.4) is 0 Å². The molecule has 0 saturated heterocycles. The third-order valence-electron chi connectivity index (χ3n) is 0.517. The predicted octanol–water partition coefficient (Wildman–Crippen LogP) is 3.03. The summed E-state index contributed by atoms with van der Waals surface area (Å²) in [5, 5.41) is 1.49. The number of allylic oxidation sites excluding steroid dienone is 2. The fourth-order valence-electron chi connectivity index (χ4n) is 0.273. The van der Waals surface area contributed by atoms with Gasteiger partial charge in [0.15, 0.2) is 0 Å². The summed E-state index contributed by atoms with van der Waals surface area (Å²) < 4.78 is 1.91. The molecular weight excluding hydrogens is 271 g/mol. The normalized spacial score (nSPS) is 9.11. The van der Waals surface area contributed by atoms with Gasteiger partial charge < -0.3 is 0 Å². The van der Waals surface area contributed by atoms with Gasteiger partial charge in [0.1, 0.15) is 0 Å². The van der Waals surface area contributed by atoms with Crippen molar-refractivity contribution in [3.8, 4) is 0 Å². The Hall–Kier alpha value is 0.850. The second-order valence-electron chi connectivity index (χ2n) is 1.53. The van der Waals surface area contributed by atoms with Gasteiger partial charge in [0.25, 0.3) is 0 Å². The van der Waals surface area contributed by atoms with Gasteiger partial charge in [0.05, 0.1) is 0 Å². The van der Waals surface area contributed by atoms with Gasteiger partial charge in [-0.25, -0.2) is 0 Å². The van der Waals surface area contributed by atoms with Crippen molar-refractivity contribution in [2.75, 3.05) is 0 Å². The van der Waals surface area contributed by atoms with Crippen molar-refractivity contribution in [3.63, 3.8) is 0 Å². The zero-order valence-electron chi connectivity index (χ0n) is 4.99. The molecule has 9 heavy (non-hydrogen) atoms. The summed E-state index contributed by atoms with van der Waals surface area (Å²) in [4.78, 5) is 0. The van der Waals surface area contributed by atoms with E-state index in [1.54, 1.807) is 0 Å². The molecule has 0 fully saturated rings. The van der Waals surface area contributed by atoms with Crippen LogP contribution in [0.4, 0.5) is 0 Å². The van der Waals surface area contributed by atoms with Gasteiger partial charge in [-0.1, -0.05) is 0 Å². The Balaban J connectivity index is 3.10. The summed E-state index contributed by atoms with van der Waals surface area (Å²) >= 11 is 11.0. The predicted molar refractivity (Wildman–Crippen MR) is 45.4 cm³/mol. The van der Waals surface area contributed by atoms with Gasteiger partial charge in [-0.3, -0.25) is 0 Å². The van der Waals surface area contributed by atoms with E-state index < -0.39 is 0 Å². The van der Waals surface area contributed by atoms with Crippen molar-refractivity contribution in [1.29, 1.82) is 0 Å². The summed E-state index contributed by atoms with van der Waals surface area (Å²) in [6, 6.07) is 0. The Morgan fingerprint density at radius 1 is 1.11 bits per heavy atom. The molecule has 0 N–H and O–H groups in total. The molecule has 0 aliphatic heterocycles. The number of rotatable bonds is 4. The summed E-state index contributed by atoms with van der Waals surface area (Å²) in [5.41, 5.74) is 0. The van der Waals surface area contributed by atoms with E-state index in [0.717, 1.165) is 19.0 Å². The monoisotopic (exact) mass is 280 g/mol. The molecule has 0 spiro atoms. The molecule has 0 nitrogen and oxygen atoms in total. The second-order valence-corrected chi connectivity index (χ2v) is 5.41. The molecule has 0 bridgehead atoms. The molecule has 0 aliphatic carbocycles. The number of hydrogen-bond donors (Lipinski definition) is 0. The average Bonchev–Trinajstić information content (AvgIpc) is 1.63. The van der Waals surface area contributed by atoms with Gasteiger partial charge in [-0.05, 0) is 0 Å². The molecule has 0 heterocycles. The van der Waals surface area contributed by atoms with Crippen molar-refractivity contribution < 1.29 is 0 Å². The third-order valence-corrected chi connectivity index (χ3v) is 4.93. The van der Waals surface area contributed by atoms with Crippen LogP contribution < -0.4 is 0 Å². The van der Waals surface area contributed by atoms with Gasteiger partial charge in [-0.2, -0.15) is 0 Å². The van der Waals surface area contributed by atoms with Crippen LogP contribution in [0.1, 0.15) is 0 Å². The quantitative estimate of drug-likeness (QED) is 0.694. The van der Waals surface area contributed by atoms with Crippen molar-refractivity contribution >= 4 is 44.1 Å². The fraction of sp³-hybridized carbons (Fsp3) is 0.333. The van der Waals surface area contributed by atoms with E-state index in [0.29, 0.717) is 0 Å². The molecular formula is C6H8Cl2Te+. The standard InChI is InChI=1S/C6H8Cl2Te/c1-5(7)3-9-4-6(2)8/h1-4H2/q+1. The summed E-state index contributed by atoms with van der Waals surface area (Å²) in [6.45, 7) is 7.15. The zero-order chi connectivity index (χ0) is 7.28. The molecule has 0 atom stereocenters. The first-order chi connectivity index (χ1) is 4.13. The molecule has 0 aromatic heterocycles. The average molecular weight is 279 g/mol. The van der Waals surface area contributed by atoms with Crippen LogP contribution in [-0.2, 0) is 0 Å². The Morgan fingerprint density at radius 3 is 1.67 bits per heavy atom. The first-order valence-electron chi connectivity index (χ1n) is 2.37. The SMILES string of the molecule is C=C(Cl)C[Te+]CC(=C)Cl. The molecule has 0 rings (SSSR count). The Morgan fingerprint density at radius 2 is 1.44 bits per heavy atom. The van der Waals surface area contributed by atoms with Gasteiger partial charge in [0.2, 0.25) is 0 Å². The fourth-order valence-corrected chi connectivity index (χ4v) is 2.86. The minimum absolute atomic E-state index is 0.0765. The molecule has 1 radical (unpaired) electrons. The van der Waals surface area contributed by atoms with Crippen LogP contribution in [0, 0.1) is 0 Å². The summed E-state index contributed by atoms with van der Waals surface area (Å²) in [5.74, 6) is 0. The van der Waals surface area contributed by atoms with E-state index in [1.807, 2.05) is 0 Å². The molecule has 0 saturated carbocycles. The molecule has 3 heteroatoms. The van der Waals surface area contributed by atoms with E-state index >= 15 is 0 Å². The van der Waals surface area contributed by atoms with Crippen LogP contribution in [0.5, 0.6) is 0 Å². The number of hydrogen-bond acceptors (Lipinski definition) is 0. The van der Waals surface area contributed by atoms with E-state index in [-0.39, 0.29) is 20.9 Å². The first-order valence-corrected chi connectivity index (χ1v) is 6.42. The van der Waals surface area contributed by atoms with Crippen LogP contribution in [0.15, 0.2) is 23.2 Å². The van der Waals surface area contributed by atoms with E-state index in [1.165, 1.54) is 0 Å². The Bertz CT molecular complexity index is 106. The molecule has 51 valence electrons. The van der Waals surface area contributed by atoms with E-state index in [2.05, 4.69) is 13.2 Å². The van der Waals surface area contributed by atoms with Crippen LogP contribution in [0.2, 0.25) is 8.94 Å². The van der Waals surface area contributed by atoms with Gasteiger partial charge >= 0.3 is 76.3 Å². The maximum absolute atomic E-state index is 5.53. The van der Waals surface area contributed by atoms with E-state index in [4.69, 9.17) is 23.2 Å². The minimum atomic E-state index is -0.0765. The molecule has 0 unspecified atom stereocenters. The molecule has 0 amide bonds.